The Morgan fingerprint density at radius 3 is 2.67 bits per heavy atom. The third-order valence-electron chi connectivity index (χ3n) is 2.99. The molecule has 1 fully saturated rings. The van der Waals surface area contributed by atoms with Crippen molar-refractivity contribution in [2.45, 2.75) is 31.5 Å². The molecule has 0 bridgehead atoms. The van der Waals surface area contributed by atoms with Crippen LogP contribution in [0.25, 0.3) is 0 Å². The third-order valence-corrected chi connectivity index (χ3v) is 2.99. The van der Waals surface area contributed by atoms with Gasteiger partial charge < -0.3 is 19.7 Å². The van der Waals surface area contributed by atoms with Crippen molar-refractivity contribution in [1.82, 2.24) is 10.2 Å². The Hall–Kier alpha value is -1.51. The van der Waals surface area contributed by atoms with Gasteiger partial charge in [0.15, 0.2) is 0 Å². The van der Waals surface area contributed by atoms with Crippen molar-refractivity contribution < 1.29 is 32.2 Å². The van der Waals surface area contributed by atoms with E-state index < -0.39 is 24.7 Å². The largest absolute Gasteiger partial charge is 0.469 e. The molecule has 1 aliphatic rings. The Labute approximate surface area is 120 Å². The van der Waals surface area contributed by atoms with Gasteiger partial charge in [0.05, 0.1) is 19.6 Å². The zero-order chi connectivity index (χ0) is 15.9. The van der Waals surface area contributed by atoms with Gasteiger partial charge in [0, 0.05) is 19.7 Å². The van der Waals surface area contributed by atoms with Crippen LogP contribution in [0.1, 0.15) is 19.3 Å². The molecule has 21 heavy (non-hydrogen) atoms. The monoisotopic (exact) mass is 312 g/mol. The van der Waals surface area contributed by atoms with Gasteiger partial charge >= 0.3 is 18.2 Å². The zero-order valence-electron chi connectivity index (χ0n) is 11.7. The minimum Gasteiger partial charge on any atom is -0.469 e. The van der Waals surface area contributed by atoms with E-state index in [2.05, 4.69) is 4.74 Å². The van der Waals surface area contributed by atoms with E-state index in [0.717, 1.165) is 17.7 Å². The zero-order valence-corrected chi connectivity index (χ0v) is 11.7. The van der Waals surface area contributed by atoms with Crippen LogP contribution in [0.3, 0.4) is 0 Å². The van der Waals surface area contributed by atoms with E-state index in [0.29, 0.717) is 6.61 Å². The number of nitrogens with zero attached hydrogens (tertiary/aromatic N) is 1. The van der Waals surface area contributed by atoms with Gasteiger partial charge in [0.2, 0.25) is 0 Å². The minimum absolute atomic E-state index is 0.0176. The predicted octanol–water partition coefficient (Wildman–Crippen LogP) is 1.30. The number of alkyl halides is 3. The summed E-state index contributed by atoms with van der Waals surface area (Å²) in [4.78, 5) is 24.0. The molecule has 0 spiro atoms. The number of urea groups is 1. The molecule has 1 heterocycles. The van der Waals surface area contributed by atoms with Crippen LogP contribution < -0.4 is 5.32 Å². The second kappa shape index (κ2) is 8.06. The van der Waals surface area contributed by atoms with Crippen LogP contribution in [0.2, 0.25) is 0 Å². The average Bonchev–Trinajstić information content (AvgIpc) is 2.92. The first-order chi connectivity index (χ1) is 9.81. The number of methoxy groups -OCH3 is 1. The molecule has 122 valence electrons. The van der Waals surface area contributed by atoms with E-state index >= 15 is 0 Å². The normalized spacial score (nSPS) is 18.4. The van der Waals surface area contributed by atoms with Crippen LogP contribution in [0.4, 0.5) is 18.0 Å². The van der Waals surface area contributed by atoms with Gasteiger partial charge in [-0.15, -0.1) is 0 Å². The fourth-order valence-electron chi connectivity index (χ4n) is 1.93. The fourth-order valence-corrected chi connectivity index (χ4v) is 1.93. The van der Waals surface area contributed by atoms with Crippen molar-refractivity contribution in [3.8, 4) is 0 Å². The number of carbonyl (C=O) groups is 2. The second-order valence-electron chi connectivity index (χ2n) is 4.68. The lowest BCUT2D eigenvalue weighted by Crippen LogP contribution is -2.47. The number of hydrogen-bond acceptors (Lipinski definition) is 4. The van der Waals surface area contributed by atoms with Crippen molar-refractivity contribution in [2.75, 3.05) is 33.4 Å². The van der Waals surface area contributed by atoms with Gasteiger partial charge in [-0.2, -0.15) is 13.2 Å². The van der Waals surface area contributed by atoms with E-state index in [9.17, 15) is 22.8 Å². The lowest BCUT2D eigenvalue weighted by atomic mass is 10.2. The number of carbonyl (C=O) groups excluding carboxylic acids is 2. The lowest BCUT2D eigenvalue weighted by molar-refractivity contribution is -0.141. The molecule has 6 nitrogen and oxygen atoms in total. The van der Waals surface area contributed by atoms with E-state index in [1.54, 1.807) is 5.32 Å². The Balaban J connectivity index is 2.52. The molecule has 1 atom stereocenters. The van der Waals surface area contributed by atoms with Gasteiger partial charge in [-0.25, -0.2) is 4.79 Å². The molecule has 2 amide bonds. The molecule has 0 radical (unpaired) electrons. The smallest absolute Gasteiger partial charge is 0.405 e. The van der Waals surface area contributed by atoms with Crippen molar-refractivity contribution in [3.05, 3.63) is 0 Å². The highest BCUT2D eigenvalue weighted by Crippen LogP contribution is 2.15. The molecular formula is C12H19F3N2O4. The Morgan fingerprint density at radius 1 is 1.43 bits per heavy atom. The molecule has 0 aromatic carbocycles. The molecule has 1 rings (SSSR count). The Kier molecular flexibility index (Phi) is 6.73. The van der Waals surface area contributed by atoms with Crippen LogP contribution in [0.5, 0.6) is 0 Å². The average molecular weight is 312 g/mol. The maximum absolute atomic E-state index is 12.1. The van der Waals surface area contributed by atoms with Gasteiger partial charge in [-0.1, -0.05) is 0 Å². The van der Waals surface area contributed by atoms with Crippen molar-refractivity contribution in [2.24, 2.45) is 0 Å². The summed E-state index contributed by atoms with van der Waals surface area (Å²) in [6.45, 7) is -0.706. The van der Waals surface area contributed by atoms with E-state index in [1.807, 2.05) is 0 Å². The quantitative estimate of drug-likeness (QED) is 0.751. The summed E-state index contributed by atoms with van der Waals surface area (Å²) in [5.74, 6) is -0.532. The van der Waals surface area contributed by atoms with Crippen molar-refractivity contribution in [3.63, 3.8) is 0 Å². The van der Waals surface area contributed by atoms with Gasteiger partial charge in [-0.05, 0) is 12.8 Å². The van der Waals surface area contributed by atoms with E-state index in [4.69, 9.17) is 4.74 Å². The third kappa shape index (κ3) is 7.16. The predicted molar refractivity (Wildman–Crippen MR) is 66.6 cm³/mol. The molecule has 0 saturated carbocycles. The summed E-state index contributed by atoms with van der Waals surface area (Å²) in [5, 5.41) is 1.79. The number of rotatable bonds is 6. The molecule has 1 saturated heterocycles. The molecule has 0 aromatic rings. The van der Waals surface area contributed by atoms with Crippen LogP contribution in [-0.4, -0.2) is 62.5 Å². The Bertz CT molecular complexity index is 357. The molecule has 1 N–H and O–H groups in total. The first-order valence-electron chi connectivity index (χ1n) is 6.60. The van der Waals surface area contributed by atoms with Crippen molar-refractivity contribution >= 4 is 12.0 Å². The summed E-state index contributed by atoms with van der Waals surface area (Å²) in [6, 6.07) is -0.869. The number of ether oxygens (including phenoxy) is 2. The lowest BCUT2D eigenvalue weighted by Gasteiger charge is -2.25. The summed E-state index contributed by atoms with van der Waals surface area (Å²) >= 11 is 0. The molecular weight excluding hydrogens is 293 g/mol. The van der Waals surface area contributed by atoms with E-state index in [1.165, 1.54) is 7.11 Å². The molecule has 0 aromatic heterocycles. The van der Waals surface area contributed by atoms with Crippen LogP contribution in [-0.2, 0) is 14.3 Å². The highest BCUT2D eigenvalue weighted by molar-refractivity contribution is 5.75. The number of amides is 2. The SMILES string of the molecule is COC(=O)CCN(CC1CCCO1)C(=O)NCC(F)(F)F. The van der Waals surface area contributed by atoms with Gasteiger partial charge in [-0.3, -0.25) is 4.79 Å². The van der Waals surface area contributed by atoms with Crippen LogP contribution in [0.15, 0.2) is 0 Å². The summed E-state index contributed by atoms with van der Waals surface area (Å²) < 4.78 is 46.2. The maximum atomic E-state index is 12.1. The standard InChI is InChI=1S/C12H19F3N2O4/c1-20-10(18)4-5-17(7-9-3-2-6-21-9)11(19)16-8-12(13,14)15/h9H,2-8H2,1H3,(H,16,19). The summed E-state index contributed by atoms with van der Waals surface area (Å²) in [6.07, 6.45) is -3.18. The number of hydrogen-bond donors (Lipinski definition) is 1. The summed E-state index contributed by atoms with van der Waals surface area (Å²) in [7, 11) is 1.20. The molecule has 1 unspecified atom stereocenters. The number of esters is 1. The highest BCUT2D eigenvalue weighted by atomic mass is 19.4. The van der Waals surface area contributed by atoms with Crippen LogP contribution >= 0.6 is 0 Å². The summed E-state index contributed by atoms with van der Waals surface area (Å²) in [5.41, 5.74) is 0. The second-order valence-corrected chi connectivity index (χ2v) is 4.68. The topological polar surface area (TPSA) is 67.9 Å². The minimum atomic E-state index is -4.48. The fraction of sp³-hybridized carbons (Fsp3) is 0.833. The van der Waals surface area contributed by atoms with Gasteiger partial charge in [0.1, 0.15) is 6.54 Å². The molecule has 1 aliphatic heterocycles. The number of nitrogens with one attached hydrogen (secondary N) is 1. The van der Waals surface area contributed by atoms with E-state index in [-0.39, 0.29) is 25.6 Å². The molecule has 0 aliphatic carbocycles. The van der Waals surface area contributed by atoms with Crippen LogP contribution in [0, 0.1) is 0 Å². The maximum Gasteiger partial charge on any atom is 0.405 e. The first-order valence-corrected chi connectivity index (χ1v) is 6.60. The highest BCUT2D eigenvalue weighted by Gasteiger charge is 2.30. The Morgan fingerprint density at radius 2 is 2.14 bits per heavy atom. The van der Waals surface area contributed by atoms with Gasteiger partial charge in [0.25, 0.3) is 0 Å². The first kappa shape index (κ1) is 17.5. The number of halogens is 3. The van der Waals surface area contributed by atoms with Crippen molar-refractivity contribution in [1.29, 1.82) is 0 Å². The molecule has 9 heteroatoms.